The third kappa shape index (κ3) is 4.13. The van der Waals surface area contributed by atoms with Crippen LogP contribution in [-0.4, -0.2) is 35.4 Å². The molecule has 5 heteroatoms. The molecule has 0 aliphatic carbocycles. The average molecular weight is 344 g/mol. The fourth-order valence-electron chi connectivity index (χ4n) is 3.14. The molecule has 1 aliphatic rings. The molecule has 126 valence electrons. The number of rotatable bonds is 5. The molecule has 1 atom stereocenters. The monoisotopic (exact) mass is 343 g/mol. The first-order valence-electron chi connectivity index (χ1n) is 8.28. The Morgan fingerprint density at radius 3 is 3.00 bits per heavy atom. The maximum Gasteiger partial charge on any atom is 0.252 e. The van der Waals surface area contributed by atoms with Gasteiger partial charge in [-0.3, -0.25) is 14.7 Å². The molecule has 1 aromatic heterocycles. The lowest BCUT2D eigenvalue weighted by molar-refractivity contribution is 0.0947. The quantitative estimate of drug-likeness (QED) is 0.906. The molecule has 2 aromatic rings. The number of likely N-dealkylation sites (tertiary alicyclic amines) is 1. The Bertz CT molecular complexity index is 719. The summed E-state index contributed by atoms with van der Waals surface area (Å²) in [6.07, 6.45) is 4.19. The van der Waals surface area contributed by atoms with Gasteiger partial charge in [0, 0.05) is 32.0 Å². The van der Waals surface area contributed by atoms with E-state index in [9.17, 15) is 4.79 Å². The number of aromatic nitrogens is 1. The molecule has 0 bridgehead atoms. The van der Waals surface area contributed by atoms with Gasteiger partial charge in [0.1, 0.15) is 0 Å². The van der Waals surface area contributed by atoms with Gasteiger partial charge in [-0.05, 0) is 43.0 Å². The van der Waals surface area contributed by atoms with Crippen molar-refractivity contribution in [2.45, 2.75) is 19.9 Å². The smallest absolute Gasteiger partial charge is 0.252 e. The third-order valence-electron chi connectivity index (χ3n) is 4.59. The summed E-state index contributed by atoms with van der Waals surface area (Å²) in [6.45, 7) is 5.90. The number of amides is 1. The number of pyridine rings is 1. The summed E-state index contributed by atoms with van der Waals surface area (Å²) in [7, 11) is 0. The van der Waals surface area contributed by atoms with E-state index in [4.69, 9.17) is 11.6 Å². The molecule has 1 saturated heterocycles. The zero-order chi connectivity index (χ0) is 16.9. The minimum atomic E-state index is -0.125. The molecule has 3 rings (SSSR count). The molecule has 1 N–H and O–H groups in total. The lowest BCUT2D eigenvalue weighted by Gasteiger charge is -2.17. The van der Waals surface area contributed by atoms with Gasteiger partial charge in [-0.25, -0.2) is 0 Å². The van der Waals surface area contributed by atoms with Crippen molar-refractivity contribution in [1.82, 2.24) is 15.2 Å². The predicted molar refractivity (Wildman–Crippen MR) is 96.1 cm³/mol. The minimum absolute atomic E-state index is 0.125. The van der Waals surface area contributed by atoms with Gasteiger partial charge in [-0.15, -0.1) is 0 Å². The van der Waals surface area contributed by atoms with Gasteiger partial charge in [0.25, 0.3) is 5.91 Å². The van der Waals surface area contributed by atoms with Gasteiger partial charge in [0.05, 0.1) is 10.6 Å². The van der Waals surface area contributed by atoms with Gasteiger partial charge >= 0.3 is 0 Å². The van der Waals surface area contributed by atoms with Crippen molar-refractivity contribution in [3.05, 3.63) is 64.4 Å². The molecule has 1 aliphatic heterocycles. The van der Waals surface area contributed by atoms with Crippen LogP contribution in [0.4, 0.5) is 0 Å². The van der Waals surface area contributed by atoms with Crippen molar-refractivity contribution < 1.29 is 4.79 Å². The Morgan fingerprint density at radius 1 is 1.38 bits per heavy atom. The molecule has 2 heterocycles. The van der Waals surface area contributed by atoms with Crippen LogP contribution in [0.1, 0.15) is 27.9 Å². The predicted octanol–water partition coefficient (Wildman–Crippen LogP) is 3.30. The van der Waals surface area contributed by atoms with E-state index in [1.165, 1.54) is 17.3 Å². The van der Waals surface area contributed by atoms with Gasteiger partial charge < -0.3 is 5.32 Å². The molecule has 4 nitrogen and oxygen atoms in total. The van der Waals surface area contributed by atoms with Crippen LogP contribution in [-0.2, 0) is 6.54 Å². The topological polar surface area (TPSA) is 45.2 Å². The standard InChI is InChI=1S/C19H22ClN3O/c1-14-4-2-3-5-16(14)13-23-9-7-15(12-23)10-22-19(24)17-6-8-21-11-18(17)20/h2-6,8,11,15H,7,9-10,12-13H2,1H3,(H,22,24). The van der Waals surface area contributed by atoms with Gasteiger partial charge in [0.2, 0.25) is 0 Å². The van der Waals surface area contributed by atoms with Crippen LogP contribution >= 0.6 is 11.6 Å². The number of carbonyl (C=O) groups excluding carboxylic acids is 1. The zero-order valence-corrected chi connectivity index (χ0v) is 14.6. The van der Waals surface area contributed by atoms with Crippen molar-refractivity contribution in [1.29, 1.82) is 0 Å². The molecule has 0 saturated carbocycles. The lowest BCUT2D eigenvalue weighted by atomic mass is 10.1. The minimum Gasteiger partial charge on any atom is -0.352 e. The number of nitrogens with zero attached hydrogens (tertiary/aromatic N) is 2. The lowest BCUT2D eigenvalue weighted by Crippen LogP contribution is -2.31. The van der Waals surface area contributed by atoms with E-state index in [0.717, 1.165) is 26.1 Å². The average Bonchev–Trinajstić information content (AvgIpc) is 3.03. The number of benzene rings is 1. The van der Waals surface area contributed by atoms with Crippen molar-refractivity contribution in [2.24, 2.45) is 5.92 Å². The Kier molecular flexibility index (Phi) is 5.48. The van der Waals surface area contributed by atoms with E-state index in [-0.39, 0.29) is 5.91 Å². The molecule has 0 radical (unpaired) electrons. The number of aryl methyl sites for hydroxylation is 1. The highest BCUT2D eigenvalue weighted by molar-refractivity contribution is 6.33. The second kappa shape index (κ2) is 7.77. The highest BCUT2D eigenvalue weighted by Crippen LogP contribution is 2.20. The van der Waals surface area contributed by atoms with Crippen LogP contribution in [0.15, 0.2) is 42.7 Å². The molecule has 1 unspecified atom stereocenters. The summed E-state index contributed by atoms with van der Waals surface area (Å²) in [5.41, 5.74) is 3.20. The highest BCUT2D eigenvalue weighted by Gasteiger charge is 2.23. The van der Waals surface area contributed by atoms with Crippen LogP contribution in [0.2, 0.25) is 5.02 Å². The number of halogens is 1. The summed E-state index contributed by atoms with van der Waals surface area (Å²) in [6, 6.07) is 10.2. The van der Waals surface area contributed by atoms with Crippen molar-refractivity contribution in [3.63, 3.8) is 0 Å². The molecular weight excluding hydrogens is 322 g/mol. The van der Waals surface area contributed by atoms with Gasteiger partial charge in [-0.1, -0.05) is 35.9 Å². The fourth-order valence-corrected chi connectivity index (χ4v) is 3.35. The Labute approximate surface area is 147 Å². The van der Waals surface area contributed by atoms with Crippen LogP contribution in [0, 0.1) is 12.8 Å². The van der Waals surface area contributed by atoms with Gasteiger partial charge in [0.15, 0.2) is 0 Å². The molecule has 0 spiro atoms. The summed E-state index contributed by atoms with van der Waals surface area (Å²) in [5, 5.41) is 3.39. The molecule has 1 fully saturated rings. The third-order valence-corrected chi connectivity index (χ3v) is 4.89. The van der Waals surface area contributed by atoms with Crippen molar-refractivity contribution in [3.8, 4) is 0 Å². The maximum absolute atomic E-state index is 12.2. The van der Waals surface area contributed by atoms with Crippen LogP contribution < -0.4 is 5.32 Å². The number of hydrogen-bond donors (Lipinski definition) is 1. The van der Waals surface area contributed by atoms with Crippen LogP contribution in [0.3, 0.4) is 0 Å². The van der Waals surface area contributed by atoms with Crippen LogP contribution in [0.25, 0.3) is 0 Å². The summed E-state index contributed by atoms with van der Waals surface area (Å²) >= 11 is 6.01. The maximum atomic E-state index is 12.2. The number of hydrogen-bond acceptors (Lipinski definition) is 3. The summed E-state index contributed by atoms with van der Waals surface area (Å²) < 4.78 is 0. The Morgan fingerprint density at radius 2 is 2.21 bits per heavy atom. The van der Waals surface area contributed by atoms with E-state index < -0.39 is 0 Å². The Hall–Kier alpha value is -1.91. The van der Waals surface area contributed by atoms with Gasteiger partial charge in [-0.2, -0.15) is 0 Å². The summed E-state index contributed by atoms with van der Waals surface area (Å²) in [4.78, 5) is 18.6. The fraction of sp³-hybridized carbons (Fsp3) is 0.368. The summed E-state index contributed by atoms with van der Waals surface area (Å²) in [5.74, 6) is 0.360. The molecule has 1 aromatic carbocycles. The van der Waals surface area contributed by atoms with Crippen molar-refractivity contribution in [2.75, 3.05) is 19.6 Å². The highest BCUT2D eigenvalue weighted by atomic mass is 35.5. The number of carbonyl (C=O) groups is 1. The van der Waals surface area contributed by atoms with E-state index in [2.05, 4.69) is 46.4 Å². The van der Waals surface area contributed by atoms with E-state index in [1.807, 2.05) is 0 Å². The second-order valence-electron chi connectivity index (χ2n) is 6.38. The first-order chi connectivity index (χ1) is 11.6. The van der Waals surface area contributed by atoms with Crippen LogP contribution in [0.5, 0.6) is 0 Å². The number of nitrogens with one attached hydrogen (secondary N) is 1. The molecule has 1 amide bonds. The zero-order valence-electron chi connectivity index (χ0n) is 13.8. The second-order valence-corrected chi connectivity index (χ2v) is 6.79. The first-order valence-corrected chi connectivity index (χ1v) is 8.66. The first kappa shape index (κ1) is 16.9. The molecular formula is C19H22ClN3O. The Balaban J connectivity index is 1.49. The normalized spacial score (nSPS) is 17.8. The SMILES string of the molecule is Cc1ccccc1CN1CCC(CNC(=O)c2ccncc2Cl)C1. The van der Waals surface area contributed by atoms with E-state index in [0.29, 0.717) is 23.0 Å². The largest absolute Gasteiger partial charge is 0.352 e. The van der Waals surface area contributed by atoms with E-state index in [1.54, 1.807) is 12.3 Å². The molecule has 24 heavy (non-hydrogen) atoms. The van der Waals surface area contributed by atoms with E-state index >= 15 is 0 Å². The van der Waals surface area contributed by atoms with Crippen molar-refractivity contribution >= 4 is 17.5 Å².